The van der Waals surface area contributed by atoms with Gasteiger partial charge in [0, 0.05) is 144 Å². The molecule has 0 radical (unpaired) electrons. The number of aromatic amines is 4. The maximum Gasteiger partial charge on any atom is 0.106 e. The zero-order chi connectivity index (χ0) is 67.1. The molecule has 97 heavy (non-hydrogen) atoms. The third-order valence-corrected chi connectivity index (χ3v) is 26.4. The highest BCUT2D eigenvalue weighted by Gasteiger charge is 2.43. The zero-order valence-electron chi connectivity index (χ0n) is 55.1. The highest BCUT2D eigenvalue weighted by Crippen LogP contribution is 2.48. The van der Waals surface area contributed by atoms with Gasteiger partial charge < -0.3 is 51.4 Å². The molecule has 1 saturated carbocycles. The Kier molecular flexibility index (Phi) is 21.3. The Morgan fingerprint density at radius 3 is 1.35 bits per heavy atom. The second-order valence-corrected chi connectivity index (χ2v) is 35.6. The Balaban J connectivity index is 0.000000111. The van der Waals surface area contributed by atoms with Crippen LogP contribution in [0.4, 0.5) is 0 Å². The van der Waals surface area contributed by atoms with Crippen LogP contribution in [-0.4, -0.2) is 45.1 Å². The molecular formula is C76H83Br4N11O2S4. The number of hydrogen-bond donors (Lipinski definition) is 10. The van der Waals surface area contributed by atoms with E-state index in [0.29, 0.717) is 24.2 Å². The largest absolute Gasteiger partial charge is 0.391 e. The van der Waals surface area contributed by atoms with E-state index in [-0.39, 0.29) is 12.0 Å². The van der Waals surface area contributed by atoms with Gasteiger partial charge in [0.25, 0.3) is 0 Å². The molecule has 4 atom stereocenters. The van der Waals surface area contributed by atoms with E-state index < -0.39 is 5.60 Å². The van der Waals surface area contributed by atoms with E-state index in [1.807, 2.05) is 46.9 Å². The molecular weight excluding hydrogens is 1550 g/mol. The monoisotopic (exact) mass is 1630 g/mol. The molecule has 11 aromatic heterocycles. The van der Waals surface area contributed by atoms with Crippen molar-refractivity contribution in [3.8, 4) is 0 Å². The number of hydrogen-bond acceptors (Lipinski definition) is 13. The van der Waals surface area contributed by atoms with Gasteiger partial charge in [-0.1, -0.05) is 43.3 Å². The number of H-pyrrole nitrogens is 4. The van der Waals surface area contributed by atoms with E-state index in [0.717, 1.165) is 138 Å². The van der Waals surface area contributed by atoms with E-state index in [1.165, 1.54) is 130 Å². The fraction of sp³-hybridized carbons (Fsp3) is 0.382. The van der Waals surface area contributed by atoms with Crippen LogP contribution < -0.4 is 21.3 Å². The number of thiophene rings is 4. The molecule has 0 unspecified atom stereocenters. The minimum atomic E-state index is -0.517. The minimum Gasteiger partial charge on any atom is -0.391 e. The molecule has 1 fully saturated rings. The molecule has 21 heteroatoms. The third kappa shape index (κ3) is 15.8. The number of fused-ring (bicyclic) bond motifs is 12. The normalized spacial score (nSPS) is 18.5. The molecule has 0 saturated heterocycles. The number of nitrogens with one attached hydrogen (secondary N) is 8. The molecule has 13 nitrogen and oxygen atoms in total. The maximum atomic E-state index is 10.2. The van der Waals surface area contributed by atoms with Crippen molar-refractivity contribution < 1.29 is 10.2 Å². The molecule has 506 valence electrons. The summed E-state index contributed by atoms with van der Waals surface area (Å²) in [6, 6.07) is 37.6. The summed E-state index contributed by atoms with van der Waals surface area (Å²) in [6.45, 7) is 16.6. The lowest BCUT2D eigenvalue weighted by atomic mass is 9.91. The minimum absolute atomic E-state index is 0.126. The van der Waals surface area contributed by atoms with Gasteiger partial charge in [0.1, 0.15) is 13.8 Å². The van der Waals surface area contributed by atoms with E-state index in [9.17, 15) is 10.2 Å². The van der Waals surface area contributed by atoms with Gasteiger partial charge >= 0.3 is 0 Å². The number of nitrogens with zero attached hydrogens (tertiary/aromatic N) is 3. The number of pyridine rings is 3. The van der Waals surface area contributed by atoms with E-state index in [1.54, 1.807) is 22.7 Å². The van der Waals surface area contributed by atoms with E-state index in [4.69, 9.17) is 4.98 Å². The van der Waals surface area contributed by atoms with Crippen molar-refractivity contribution in [2.24, 2.45) is 0 Å². The fourth-order valence-corrected chi connectivity index (χ4v) is 19.4. The third-order valence-electron chi connectivity index (χ3n) is 19.5. The van der Waals surface area contributed by atoms with Gasteiger partial charge in [-0.25, -0.2) is 15.0 Å². The van der Waals surface area contributed by atoms with Crippen molar-refractivity contribution in [1.82, 2.24) is 56.2 Å². The highest BCUT2D eigenvalue weighted by atomic mass is 79.9. The van der Waals surface area contributed by atoms with Crippen LogP contribution in [0.15, 0.2) is 128 Å². The summed E-state index contributed by atoms with van der Waals surface area (Å²) in [5, 5.41) is 35.7. The zero-order valence-corrected chi connectivity index (χ0v) is 64.8. The molecule has 5 aliphatic carbocycles. The first-order valence-electron chi connectivity index (χ1n) is 34.0. The molecule has 17 rings (SSSR count). The first-order chi connectivity index (χ1) is 46.9. The van der Waals surface area contributed by atoms with Gasteiger partial charge in [0.2, 0.25) is 0 Å². The summed E-state index contributed by atoms with van der Waals surface area (Å²) in [5.74, 6) is 0. The number of aliphatic hydroxyl groups excluding tert-OH is 1. The fourth-order valence-electron chi connectivity index (χ4n) is 14.3. The van der Waals surface area contributed by atoms with Gasteiger partial charge in [-0.3, -0.25) is 0 Å². The number of aliphatic hydroxyl groups is 2. The Bertz CT molecular complexity index is 4640. The SMILES string of the molecule is C=C(C)c1ccc(CN[C@@H]2CCCc3c2[nH]c2ccc(Br)cc32)s1.CC(C)(C)c1ccc(CN[C@@H]2CCCc3c2[nH]c2ccc(Br)nc32)s1.OC1(c2ccc(CN[C@@H]3CCCc4c3[nH]c3ccc(Br)nc43)s2)CC1.OCc1ccc(CN[C@@H]2CCCc3c2[nH]c2ccc(Br)nc32)s1. The van der Waals surface area contributed by atoms with Crippen LogP contribution >= 0.6 is 109 Å². The van der Waals surface area contributed by atoms with Crippen LogP contribution in [0, 0.1) is 0 Å². The standard InChI is InChI=1S/C20H24BrN3S.C20H21BrN2S.C19H20BrN3OS.C17H18BrN3OS/c1-20(2,3)16-9-7-12(25-16)11-22-14-6-4-5-13-18(14)23-15-8-10-17(21)24-19(13)15;1-12(2)19-9-7-14(24-19)11-22-18-5-3-4-15-16-10-13(21)6-8-17(16)23-20(15)18;20-16-7-5-14-18(23-16)12-2-1-3-13(17(12)22-14)21-10-11-4-6-15(25-11)19(24)8-9-19;18-15-7-6-14-17(21-15)12-2-1-3-13(16(12)20-14)19-8-10-4-5-11(9-22)23-10/h7-10,14,22-23H,4-6,11H2,1-3H3;6-10,18,22-23H,1,3-5,11H2,2H3;4-7,13,21-22,24H,1-3,8-10H2;4-7,13,19-20,22H,1-3,8-9H2/t14-;18-;2*13-/m1111/s1. The lowest BCUT2D eigenvalue weighted by molar-refractivity contribution is 0.155. The molecule has 0 aliphatic heterocycles. The Morgan fingerprint density at radius 2 is 0.907 bits per heavy atom. The number of aromatic nitrogens is 7. The van der Waals surface area contributed by atoms with Crippen LogP contribution in [-0.2, 0) is 69.5 Å². The summed E-state index contributed by atoms with van der Waals surface area (Å²) >= 11 is 21.2. The average molecular weight is 1630 g/mol. The molecule has 10 N–H and O–H groups in total. The summed E-state index contributed by atoms with van der Waals surface area (Å²) in [7, 11) is 0. The molecule has 5 aliphatic rings. The topological polar surface area (TPSA) is 190 Å². The Morgan fingerprint density at radius 1 is 0.505 bits per heavy atom. The number of benzene rings is 1. The molecule has 1 aromatic carbocycles. The van der Waals surface area contributed by atoms with Crippen molar-refractivity contribution in [2.75, 3.05) is 0 Å². The van der Waals surface area contributed by atoms with Crippen molar-refractivity contribution in [3.05, 3.63) is 212 Å². The lowest BCUT2D eigenvalue weighted by Crippen LogP contribution is -2.24. The number of halogens is 4. The van der Waals surface area contributed by atoms with Crippen LogP contribution in [0.3, 0.4) is 0 Å². The predicted octanol–water partition coefficient (Wildman–Crippen LogP) is 20.6. The molecule has 12 aromatic rings. The van der Waals surface area contributed by atoms with E-state index >= 15 is 0 Å². The second-order valence-electron chi connectivity index (χ2n) is 27.5. The maximum absolute atomic E-state index is 10.2. The molecule has 0 spiro atoms. The first kappa shape index (κ1) is 69.1. The van der Waals surface area contributed by atoms with Crippen LogP contribution in [0.1, 0.15) is 200 Å². The number of aryl methyl sites for hydroxylation is 4. The Hall–Kier alpha value is -4.95. The summed E-state index contributed by atoms with van der Waals surface area (Å²) in [5.41, 5.74) is 19.7. The lowest BCUT2D eigenvalue weighted by Gasteiger charge is -2.23. The highest BCUT2D eigenvalue weighted by molar-refractivity contribution is 9.11. The molecule has 0 amide bonds. The first-order valence-corrected chi connectivity index (χ1v) is 40.4. The van der Waals surface area contributed by atoms with Gasteiger partial charge in [-0.05, 0) is 264 Å². The van der Waals surface area contributed by atoms with Gasteiger partial charge in [0.15, 0.2) is 0 Å². The van der Waals surface area contributed by atoms with Crippen molar-refractivity contribution in [3.63, 3.8) is 0 Å². The average Bonchev–Trinajstić information content (AvgIpc) is 1.66. The molecule has 0 bridgehead atoms. The van der Waals surface area contributed by atoms with Crippen molar-refractivity contribution >= 4 is 159 Å². The van der Waals surface area contributed by atoms with Gasteiger partial charge in [0.05, 0.1) is 45.3 Å². The predicted molar refractivity (Wildman–Crippen MR) is 417 cm³/mol. The summed E-state index contributed by atoms with van der Waals surface area (Å²) in [4.78, 5) is 38.6. The van der Waals surface area contributed by atoms with E-state index in [2.05, 4.69) is 228 Å². The van der Waals surface area contributed by atoms with Gasteiger partial charge in [-0.15, -0.1) is 45.3 Å². The van der Waals surface area contributed by atoms with Crippen LogP contribution in [0.5, 0.6) is 0 Å². The van der Waals surface area contributed by atoms with Crippen LogP contribution in [0.2, 0.25) is 0 Å². The second kappa shape index (κ2) is 29.9. The van der Waals surface area contributed by atoms with Crippen molar-refractivity contribution in [2.45, 2.75) is 186 Å². The van der Waals surface area contributed by atoms with Gasteiger partial charge in [-0.2, -0.15) is 0 Å². The number of allylic oxidation sites excluding steroid dienone is 1. The number of rotatable bonds is 15. The molecule has 11 heterocycles. The Labute approximate surface area is 616 Å². The van der Waals surface area contributed by atoms with Crippen molar-refractivity contribution in [1.29, 1.82) is 0 Å². The smallest absolute Gasteiger partial charge is 0.106 e. The summed E-state index contributed by atoms with van der Waals surface area (Å²) < 4.78 is 3.83. The quantitative estimate of drug-likeness (QED) is 0.0445. The van der Waals surface area contributed by atoms with Crippen LogP contribution in [0.25, 0.3) is 49.6 Å². The summed E-state index contributed by atoms with van der Waals surface area (Å²) in [6.07, 6.45) is 15.7.